The number of aromatic amines is 1. The molecule has 1 spiro atoms. The highest BCUT2D eigenvalue weighted by atomic mass is 35.5. The van der Waals surface area contributed by atoms with E-state index < -0.39 is 0 Å². The minimum absolute atomic E-state index is 0.0856. The van der Waals surface area contributed by atoms with Crippen molar-refractivity contribution in [3.8, 4) is 0 Å². The van der Waals surface area contributed by atoms with Crippen molar-refractivity contribution in [2.45, 2.75) is 25.3 Å². The van der Waals surface area contributed by atoms with Crippen LogP contribution in [0.1, 0.15) is 41.3 Å². The van der Waals surface area contributed by atoms with Crippen molar-refractivity contribution in [1.29, 1.82) is 0 Å². The Balaban J connectivity index is 1.36. The lowest BCUT2D eigenvalue weighted by Crippen LogP contribution is -2.44. The highest BCUT2D eigenvalue weighted by Gasteiger charge is 2.46. The third-order valence-electron chi connectivity index (χ3n) is 6.70. The molecule has 0 amide bonds. The molecule has 7 heteroatoms. The van der Waals surface area contributed by atoms with Crippen LogP contribution >= 0.6 is 23.2 Å². The van der Waals surface area contributed by atoms with Gasteiger partial charge in [0.1, 0.15) is 11.0 Å². The van der Waals surface area contributed by atoms with Gasteiger partial charge in [0.05, 0.1) is 10.7 Å². The molecular formula is C23H23Cl2N5. The number of benzene rings is 1. The van der Waals surface area contributed by atoms with Crippen LogP contribution in [0.25, 0.3) is 5.57 Å². The number of hydrogen-bond donors (Lipinski definition) is 2. The third kappa shape index (κ3) is 3.13. The number of piperidine rings is 1. The van der Waals surface area contributed by atoms with Crippen molar-refractivity contribution in [2.75, 3.05) is 18.0 Å². The second kappa shape index (κ2) is 7.41. The number of aromatic nitrogens is 3. The van der Waals surface area contributed by atoms with Crippen LogP contribution in [0, 0.1) is 5.41 Å². The highest BCUT2D eigenvalue weighted by Crippen LogP contribution is 2.51. The molecule has 1 saturated heterocycles. The molecule has 2 aliphatic rings. The standard InChI is InChI=1S/C23H23Cl2N5/c1-14(19-6-9-27-29-19)17-12-18(24)22(28-21(17)25)30-10-7-23(8-11-30)13-15-4-2-3-5-16(15)20(23)26/h2-6,9,12,20H,1,7-8,10-11,13,26H2,(H,27,29)/t20-/m1/s1. The van der Waals surface area contributed by atoms with E-state index in [0.29, 0.717) is 21.3 Å². The molecule has 2 aromatic heterocycles. The minimum atomic E-state index is 0.0856. The molecule has 3 aromatic rings. The summed E-state index contributed by atoms with van der Waals surface area (Å²) in [5.74, 6) is 0.721. The van der Waals surface area contributed by atoms with Gasteiger partial charge in [0, 0.05) is 36.5 Å². The first kappa shape index (κ1) is 19.6. The zero-order chi connectivity index (χ0) is 20.9. The van der Waals surface area contributed by atoms with Gasteiger partial charge in [0.15, 0.2) is 0 Å². The smallest absolute Gasteiger partial charge is 0.149 e. The summed E-state index contributed by atoms with van der Waals surface area (Å²) in [7, 11) is 0. The average Bonchev–Trinajstić information content (AvgIpc) is 3.38. The molecular weight excluding hydrogens is 417 g/mol. The normalized spacial score (nSPS) is 19.8. The van der Waals surface area contributed by atoms with Gasteiger partial charge in [0.2, 0.25) is 0 Å². The molecule has 0 radical (unpaired) electrons. The van der Waals surface area contributed by atoms with Crippen LogP contribution < -0.4 is 10.6 Å². The number of rotatable bonds is 3. The molecule has 5 nitrogen and oxygen atoms in total. The van der Waals surface area contributed by atoms with E-state index in [4.69, 9.17) is 28.9 Å². The average molecular weight is 440 g/mol. The molecule has 1 aliphatic heterocycles. The van der Waals surface area contributed by atoms with Gasteiger partial charge in [-0.1, -0.05) is 54.0 Å². The lowest BCUT2D eigenvalue weighted by molar-refractivity contribution is 0.187. The molecule has 0 unspecified atom stereocenters. The summed E-state index contributed by atoms with van der Waals surface area (Å²) in [6.45, 7) is 5.80. The first-order valence-electron chi connectivity index (χ1n) is 10.1. The van der Waals surface area contributed by atoms with Gasteiger partial charge in [-0.15, -0.1) is 0 Å². The number of anilines is 1. The van der Waals surface area contributed by atoms with E-state index in [9.17, 15) is 0 Å². The van der Waals surface area contributed by atoms with E-state index in [1.807, 2.05) is 12.1 Å². The van der Waals surface area contributed by atoms with Crippen LogP contribution in [0.4, 0.5) is 5.82 Å². The zero-order valence-electron chi connectivity index (χ0n) is 16.5. The molecule has 5 rings (SSSR count). The van der Waals surface area contributed by atoms with Crippen LogP contribution in [0.15, 0.2) is 49.2 Å². The SMILES string of the molecule is C=C(c1cc[nH]n1)c1cc(Cl)c(N2CCC3(CC2)Cc2ccccc2[C@H]3N)nc1Cl. The maximum atomic E-state index is 6.69. The Kier molecular flexibility index (Phi) is 4.85. The van der Waals surface area contributed by atoms with Gasteiger partial charge >= 0.3 is 0 Å². The topological polar surface area (TPSA) is 70.8 Å². The summed E-state index contributed by atoms with van der Waals surface area (Å²) in [6, 6.07) is 12.3. The van der Waals surface area contributed by atoms with E-state index in [0.717, 1.165) is 43.9 Å². The second-order valence-corrected chi connectivity index (χ2v) is 9.04. The molecule has 3 N–H and O–H groups in total. The Morgan fingerprint density at radius 1 is 1.20 bits per heavy atom. The highest BCUT2D eigenvalue weighted by molar-refractivity contribution is 6.35. The summed E-state index contributed by atoms with van der Waals surface area (Å²) in [4.78, 5) is 6.85. The number of fused-ring (bicyclic) bond motifs is 1. The summed E-state index contributed by atoms with van der Waals surface area (Å²) < 4.78 is 0. The van der Waals surface area contributed by atoms with E-state index in [2.05, 4.69) is 50.9 Å². The van der Waals surface area contributed by atoms with Gasteiger partial charge in [-0.3, -0.25) is 5.10 Å². The van der Waals surface area contributed by atoms with Crippen molar-refractivity contribution < 1.29 is 0 Å². The third-order valence-corrected chi connectivity index (χ3v) is 7.26. The van der Waals surface area contributed by atoms with Crippen molar-refractivity contribution in [3.63, 3.8) is 0 Å². The summed E-state index contributed by atoms with van der Waals surface area (Å²) in [6.07, 6.45) is 4.79. The van der Waals surface area contributed by atoms with Crippen LogP contribution in [-0.2, 0) is 6.42 Å². The summed E-state index contributed by atoms with van der Waals surface area (Å²) in [5.41, 5.74) is 11.6. The number of nitrogens with two attached hydrogens (primary N) is 1. The van der Waals surface area contributed by atoms with Crippen LogP contribution in [0.5, 0.6) is 0 Å². The van der Waals surface area contributed by atoms with Gasteiger partial charge in [-0.2, -0.15) is 5.10 Å². The van der Waals surface area contributed by atoms with Crippen molar-refractivity contribution >= 4 is 34.6 Å². The second-order valence-electron chi connectivity index (χ2n) is 8.27. The predicted octanol–water partition coefficient (Wildman–Crippen LogP) is 5.02. The Hall–Kier alpha value is -2.34. The monoisotopic (exact) mass is 439 g/mol. The largest absolute Gasteiger partial charge is 0.355 e. The van der Waals surface area contributed by atoms with E-state index in [1.54, 1.807) is 6.20 Å². The maximum absolute atomic E-state index is 6.69. The fourth-order valence-corrected chi connectivity index (χ4v) is 5.45. The molecule has 1 aromatic carbocycles. The number of hydrogen-bond acceptors (Lipinski definition) is 4. The van der Waals surface area contributed by atoms with Gasteiger partial charge < -0.3 is 10.6 Å². The molecule has 3 heterocycles. The molecule has 1 aliphatic carbocycles. The van der Waals surface area contributed by atoms with Crippen molar-refractivity contribution in [1.82, 2.24) is 15.2 Å². The molecule has 1 atom stereocenters. The number of nitrogens with zero attached hydrogens (tertiary/aromatic N) is 3. The van der Waals surface area contributed by atoms with Crippen molar-refractivity contribution in [3.05, 3.63) is 81.7 Å². The first-order chi connectivity index (χ1) is 14.5. The zero-order valence-corrected chi connectivity index (χ0v) is 18.0. The molecule has 1 fully saturated rings. The molecule has 0 bridgehead atoms. The Morgan fingerprint density at radius 2 is 1.97 bits per heavy atom. The van der Waals surface area contributed by atoms with Crippen LogP contribution in [-0.4, -0.2) is 28.3 Å². The lowest BCUT2D eigenvalue weighted by Gasteiger charge is -2.42. The Labute approximate surface area is 185 Å². The van der Waals surface area contributed by atoms with Crippen LogP contribution in [0.3, 0.4) is 0 Å². The molecule has 30 heavy (non-hydrogen) atoms. The van der Waals surface area contributed by atoms with Gasteiger partial charge in [-0.25, -0.2) is 4.98 Å². The molecule has 0 saturated carbocycles. The summed E-state index contributed by atoms with van der Waals surface area (Å²) in [5, 5.41) is 7.90. The van der Waals surface area contributed by atoms with Crippen molar-refractivity contribution in [2.24, 2.45) is 11.1 Å². The van der Waals surface area contributed by atoms with E-state index >= 15 is 0 Å². The Bertz CT molecular complexity index is 1100. The lowest BCUT2D eigenvalue weighted by atomic mass is 9.73. The van der Waals surface area contributed by atoms with Gasteiger partial charge in [0.25, 0.3) is 0 Å². The summed E-state index contributed by atoms with van der Waals surface area (Å²) >= 11 is 13.2. The number of halogens is 2. The Morgan fingerprint density at radius 3 is 2.67 bits per heavy atom. The number of H-pyrrole nitrogens is 1. The maximum Gasteiger partial charge on any atom is 0.149 e. The van der Waals surface area contributed by atoms with E-state index in [1.165, 1.54) is 11.1 Å². The minimum Gasteiger partial charge on any atom is -0.355 e. The van der Waals surface area contributed by atoms with Crippen LogP contribution in [0.2, 0.25) is 10.2 Å². The number of pyridine rings is 1. The quantitative estimate of drug-likeness (QED) is 0.562. The predicted molar refractivity (Wildman–Crippen MR) is 122 cm³/mol. The first-order valence-corrected chi connectivity index (χ1v) is 10.9. The number of nitrogens with one attached hydrogen (secondary N) is 1. The fraction of sp³-hybridized carbons (Fsp3) is 0.304. The van der Waals surface area contributed by atoms with Gasteiger partial charge in [-0.05, 0) is 47.9 Å². The van der Waals surface area contributed by atoms with E-state index in [-0.39, 0.29) is 11.5 Å². The molecule has 154 valence electrons. The fourth-order valence-electron chi connectivity index (χ4n) is 4.93.